The van der Waals surface area contributed by atoms with Crippen molar-refractivity contribution in [2.45, 2.75) is 38.3 Å². The summed E-state index contributed by atoms with van der Waals surface area (Å²) in [7, 11) is 0. The molecule has 2 aliphatic heterocycles. The molecule has 1 atom stereocenters. The van der Waals surface area contributed by atoms with Crippen molar-refractivity contribution in [2.24, 2.45) is 0 Å². The van der Waals surface area contributed by atoms with Crippen LogP contribution in [-0.2, 0) is 14.4 Å². The third kappa shape index (κ3) is 4.29. The first-order valence-corrected chi connectivity index (χ1v) is 11.7. The lowest BCUT2D eigenvalue weighted by Gasteiger charge is -2.34. The zero-order valence-electron chi connectivity index (χ0n) is 18.0. The number of carbonyl (C=O) groups is 3. The second-order valence-corrected chi connectivity index (χ2v) is 9.14. The molecule has 10 nitrogen and oxygen atoms in total. The lowest BCUT2D eigenvalue weighted by Crippen LogP contribution is -2.46. The van der Waals surface area contributed by atoms with Crippen molar-refractivity contribution in [1.82, 2.24) is 25.1 Å². The third-order valence-electron chi connectivity index (χ3n) is 6.00. The fourth-order valence-electron chi connectivity index (χ4n) is 4.38. The number of imide groups is 1. The number of hydrogen-bond acceptors (Lipinski definition) is 8. The van der Waals surface area contributed by atoms with Gasteiger partial charge in [0.05, 0.1) is 29.1 Å². The van der Waals surface area contributed by atoms with Crippen LogP contribution in [0.15, 0.2) is 41.8 Å². The van der Waals surface area contributed by atoms with Gasteiger partial charge in [-0.2, -0.15) is 4.80 Å². The Balaban J connectivity index is 1.22. The van der Waals surface area contributed by atoms with E-state index in [1.807, 2.05) is 17.5 Å². The normalized spacial score (nSPS) is 19.9. The number of carbonyl (C=O) groups excluding carboxylic acids is 3. The molecule has 3 amide bonds. The molecule has 11 heteroatoms. The average Bonchev–Trinajstić information content (AvgIpc) is 3.55. The molecule has 1 aromatic carbocycles. The summed E-state index contributed by atoms with van der Waals surface area (Å²) in [5.74, 6) is 0.0371. The van der Waals surface area contributed by atoms with Crippen LogP contribution < -0.4 is 10.2 Å². The van der Waals surface area contributed by atoms with Crippen molar-refractivity contribution in [3.8, 4) is 10.7 Å². The Labute approximate surface area is 194 Å². The summed E-state index contributed by atoms with van der Waals surface area (Å²) < 4.78 is 0. The molecule has 4 heterocycles. The van der Waals surface area contributed by atoms with Gasteiger partial charge < -0.3 is 5.32 Å². The Kier molecular flexibility index (Phi) is 5.73. The van der Waals surface area contributed by atoms with Crippen LogP contribution in [0.4, 0.5) is 11.4 Å². The van der Waals surface area contributed by atoms with E-state index in [0.717, 1.165) is 17.7 Å². The van der Waals surface area contributed by atoms with Crippen molar-refractivity contribution < 1.29 is 14.4 Å². The van der Waals surface area contributed by atoms with Crippen molar-refractivity contribution in [3.63, 3.8) is 0 Å². The second kappa shape index (κ2) is 8.83. The molecule has 170 valence electrons. The van der Waals surface area contributed by atoms with Gasteiger partial charge in [-0.15, -0.1) is 21.5 Å². The molecule has 0 radical (unpaired) electrons. The van der Waals surface area contributed by atoms with Crippen LogP contribution in [0, 0.1) is 0 Å². The number of anilines is 2. The molecule has 0 aliphatic carbocycles. The fourth-order valence-corrected chi connectivity index (χ4v) is 5.03. The Morgan fingerprint density at radius 2 is 1.88 bits per heavy atom. The first-order chi connectivity index (χ1) is 16.0. The highest BCUT2D eigenvalue weighted by molar-refractivity contribution is 7.13. The van der Waals surface area contributed by atoms with E-state index in [4.69, 9.17) is 0 Å². The predicted octanol–water partition coefficient (Wildman–Crippen LogP) is 2.33. The molecular formula is C22H23N7O3S. The number of rotatable bonds is 5. The number of piperidine rings is 1. The maximum atomic E-state index is 13.1. The van der Waals surface area contributed by atoms with Gasteiger partial charge in [-0.3, -0.25) is 19.3 Å². The summed E-state index contributed by atoms with van der Waals surface area (Å²) in [6.45, 7) is 2.79. The van der Waals surface area contributed by atoms with E-state index in [0.29, 0.717) is 30.3 Å². The van der Waals surface area contributed by atoms with Gasteiger partial charge in [0, 0.05) is 25.7 Å². The van der Waals surface area contributed by atoms with Crippen molar-refractivity contribution in [2.75, 3.05) is 23.3 Å². The minimum Gasteiger partial charge on any atom is -0.326 e. The number of thiophene rings is 1. The molecular weight excluding hydrogens is 442 g/mol. The Hall–Kier alpha value is -3.44. The summed E-state index contributed by atoms with van der Waals surface area (Å²) >= 11 is 1.58. The molecule has 0 spiro atoms. The van der Waals surface area contributed by atoms with E-state index in [2.05, 4.69) is 25.6 Å². The number of nitrogens with one attached hydrogen (secondary N) is 1. The second-order valence-electron chi connectivity index (χ2n) is 8.19. The maximum Gasteiger partial charge on any atom is 0.251 e. The first kappa shape index (κ1) is 21.4. The van der Waals surface area contributed by atoms with Crippen LogP contribution in [0.2, 0.25) is 0 Å². The average molecular weight is 466 g/mol. The van der Waals surface area contributed by atoms with Gasteiger partial charge in [-0.25, -0.2) is 4.90 Å². The van der Waals surface area contributed by atoms with Crippen molar-refractivity contribution in [3.05, 3.63) is 41.8 Å². The number of hydrogen-bond donors (Lipinski definition) is 1. The van der Waals surface area contributed by atoms with Crippen LogP contribution in [-0.4, -0.2) is 62.0 Å². The fraction of sp³-hybridized carbons (Fsp3) is 0.364. The molecule has 3 aromatic rings. The highest BCUT2D eigenvalue weighted by Gasteiger charge is 2.43. The number of aromatic nitrogens is 4. The third-order valence-corrected chi connectivity index (χ3v) is 6.87. The van der Waals surface area contributed by atoms with Crippen LogP contribution in [0.1, 0.15) is 32.2 Å². The van der Waals surface area contributed by atoms with Gasteiger partial charge in [-0.1, -0.05) is 6.07 Å². The van der Waals surface area contributed by atoms with E-state index in [9.17, 15) is 14.4 Å². The zero-order chi connectivity index (χ0) is 22.9. The van der Waals surface area contributed by atoms with Gasteiger partial charge in [0.1, 0.15) is 0 Å². The summed E-state index contributed by atoms with van der Waals surface area (Å²) in [4.78, 5) is 43.0. The van der Waals surface area contributed by atoms with Crippen LogP contribution in [0.3, 0.4) is 0 Å². The van der Waals surface area contributed by atoms with E-state index in [1.165, 1.54) is 11.8 Å². The van der Waals surface area contributed by atoms with Crippen LogP contribution in [0.5, 0.6) is 0 Å². The minimum atomic E-state index is -0.459. The van der Waals surface area contributed by atoms with Crippen molar-refractivity contribution >= 4 is 40.4 Å². The molecule has 2 saturated heterocycles. The number of amides is 3. The maximum absolute atomic E-state index is 13.1. The SMILES string of the molecule is CC(=O)Nc1ccc(N2C(=O)C[C@H](N3CCC(n4nnc(-c5cccs5)n4)CC3)C2=O)cc1. The van der Waals surface area contributed by atoms with Gasteiger partial charge in [-0.05, 0) is 53.8 Å². The molecule has 1 N–H and O–H groups in total. The van der Waals surface area contributed by atoms with Crippen LogP contribution >= 0.6 is 11.3 Å². The highest BCUT2D eigenvalue weighted by Crippen LogP contribution is 2.30. The topological polar surface area (TPSA) is 113 Å². The van der Waals surface area contributed by atoms with Crippen LogP contribution in [0.25, 0.3) is 10.7 Å². The first-order valence-electron chi connectivity index (χ1n) is 10.8. The van der Waals surface area contributed by atoms with Crippen molar-refractivity contribution in [1.29, 1.82) is 0 Å². The van der Waals surface area contributed by atoms with Gasteiger partial charge in [0.15, 0.2) is 0 Å². The summed E-state index contributed by atoms with van der Waals surface area (Å²) in [5, 5.41) is 17.6. The Morgan fingerprint density at radius 3 is 2.55 bits per heavy atom. The Morgan fingerprint density at radius 1 is 1.12 bits per heavy atom. The molecule has 0 unspecified atom stereocenters. The summed E-state index contributed by atoms with van der Waals surface area (Å²) in [5.41, 5.74) is 1.14. The van der Waals surface area contributed by atoms with E-state index >= 15 is 0 Å². The lowest BCUT2D eigenvalue weighted by atomic mass is 10.0. The predicted molar refractivity (Wildman–Crippen MR) is 123 cm³/mol. The number of likely N-dealkylation sites (tertiary alicyclic amines) is 1. The monoisotopic (exact) mass is 465 g/mol. The molecule has 2 fully saturated rings. The molecule has 33 heavy (non-hydrogen) atoms. The number of benzene rings is 1. The number of nitrogens with zero attached hydrogens (tertiary/aromatic N) is 6. The van der Waals surface area contributed by atoms with Gasteiger partial charge in [0.25, 0.3) is 5.91 Å². The van der Waals surface area contributed by atoms with E-state index < -0.39 is 6.04 Å². The van der Waals surface area contributed by atoms with Gasteiger partial charge >= 0.3 is 0 Å². The quantitative estimate of drug-likeness (QED) is 0.575. The van der Waals surface area contributed by atoms with E-state index in [-0.39, 0.29) is 30.2 Å². The summed E-state index contributed by atoms with van der Waals surface area (Å²) in [6.07, 6.45) is 1.73. The molecule has 5 rings (SSSR count). The highest BCUT2D eigenvalue weighted by atomic mass is 32.1. The smallest absolute Gasteiger partial charge is 0.251 e. The number of tetrazole rings is 1. The molecule has 2 aliphatic rings. The summed E-state index contributed by atoms with van der Waals surface area (Å²) in [6, 6.07) is 10.3. The standard InChI is InChI=1S/C22H23N7O3S/c1-14(30)23-15-4-6-16(7-5-15)28-20(31)13-18(22(28)32)27-10-8-17(9-11-27)29-25-21(24-26-29)19-3-2-12-33-19/h2-7,12,17-18H,8-11,13H2,1H3,(H,23,30)/t18-/m0/s1. The van der Waals surface area contributed by atoms with E-state index in [1.54, 1.807) is 40.4 Å². The molecule has 0 saturated carbocycles. The Bertz CT molecular complexity index is 1170. The molecule has 2 aromatic heterocycles. The lowest BCUT2D eigenvalue weighted by molar-refractivity contribution is -0.123. The van der Waals surface area contributed by atoms with Gasteiger partial charge in [0.2, 0.25) is 17.6 Å². The molecule has 0 bridgehead atoms. The zero-order valence-corrected chi connectivity index (χ0v) is 18.9. The largest absolute Gasteiger partial charge is 0.326 e. The minimum absolute atomic E-state index is 0.118.